The first-order chi connectivity index (χ1) is 13.7. The second-order valence-corrected chi connectivity index (χ2v) is 10.3. The summed E-state index contributed by atoms with van der Waals surface area (Å²) in [5.74, 6) is 2.43. The molecular formula is C22H44IN5S. The lowest BCUT2D eigenvalue weighted by molar-refractivity contribution is 0.136. The first-order valence-corrected chi connectivity index (χ1v) is 12.9. The molecule has 3 rings (SSSR count). The van der Waals surface area contributed by atoms with E-state index >= 15 is 0 Å². The molecule has 0 aromatic rings. The molecule has 29 heavy (non-hydrogen) atoms. The van der Waals surface area contributed by atoms with Gasteiger partial charge in [-0.15, -0.1) is 24.0 Å². The van der Waals surface area contributed by atoms with Crippen LogP contribution in [0.25, 0.3) is 0 Å². The standard InChI is InChI=1S/C22H43N5S.HI/c1-3-23-21(27-18-19-28-22(20-27)10-6-5-7-11-22)24-12-8-9-13-26-16-14-25(4-2)15-17-26;/h3-20H2,1-2H3,(H,23,24);1H. The number of rotatable bonds is 7. The minimum atomic E-state index is 0. The molecule has 3 fully saturated rings. The average molecular weight is 538 g/mol. The van der Waals surface area contributed by atoms with Crippen molar-refractivity contribution in [3.05, 3.63) is 0 Å². The molecule has 2 aliphatic heterocycles. The molecule has 1 spiro atoms. The number of guanidine groups is 1. The van der Waals surface area contributed by atoms with E-state index < -0.39 is 0 Å². The van der Waals surface area contributed by atoms with Crippen LogP contribution in [0.1, 0.15) is 58.8 Å². The molecule has 0 unspecified atom stereocenters. The van der Waals surface area contributed by atoms with E-state index in [-0.39, 0.29) is 24.0 Å². The third-order valence-electron chi connectivity index (χ3n) is 6.70. The van der Waals surface area contributed by atoms with Gasteiger partial charge in [0, 0.05) is 62.9 Å². The number of nitrogens with one attached hydrogen (secondary N) is 1. The normalized spacial score (nSPS) is 23.8. The van der Waals surface area contributed by atoms with Gasteiger partial charge in [-0.05, 0) is 45.7 Å². The van der Waals surface area contributed by atoms with Crippen LogP contribution in [0.2, 0.25) is 0 Å². The van der Waals surface area contributed by atoms with Gasteiger partial charge in [-0.25, -0.2) is 0 Å². The summed E-state index contributed by atoms with van der Waals surface area (Å²) in [7, 11) is 0. The van der Waals surface area contributed by atoms with Crippen molar-refractivity contribution in [3.63, 3.8) is 0 Å². The zero-order chi connectivity index (χ0) is 19.7. The molecule has 1 aliphatic carbocycles. The van der Waals surface area contributed by atoms with Gasteiger partial charge in [0.1, 0.15) is 0 Å². The summed E-state index contributed by atoms with van der Waals surface area (Å²) in [6.45, 7) is 16.2. The number of hydrogen-bond donors (Lipinski definition) is 1. The summed E-state index contributed by atoms with van der Waals surface area (Å²) >= 11 is 2.24. The van der Waals surface area contributed by atoms with E-state index in [1.54, 1.807) is 0 Å². The van der Waals surface area contributed by atoms with Crippen molar-refractivity contribution < 1.29 is 0 Å². The summed E-state index contributed by atoms with van der Waals surface area (Å²) in [6, 6.07) is 0. The van der Waals surface area contributed by atoms with Gasteiger partial charge in [-0.1, -0.05) is 26.2 Å². The van der Waals surface area contributed by atoms with Crippen molar-refractivity contribution in [2.75, 3.05) is 71.2 Å². The number of likely N-dealkylation sites (N-methyl/N-ethyl adjacent to an activating group) is 1. The molecular weight excluding hydrogens is 493 g/mol. The first kappa shape index (κ1) is 25.5. The van der Waals surface area contributed by atoms with E-state index in [1.165, 1.54) is 102 Å². The van der Waals surface area contributed by atoms with Crippen LogP contribution in [0, 0.1) is 0 Å². The number of unbranched alkanes of at least 4 members (excludes halogenated alkanes) is 1. The highest BCUT2D eigenvalue weighted by Gasteiger charge is 2.38. The fourth-order valence-corrected chi connectivity index (χ4v) is 6.48. The van der Waals surface area contributed by atoms with E-state index in [0.29, 0.717) is 4.75 Å². The third kappa shape index (κ3) is 8.04. The number of hydrogen-bond acceptors (Lipinski definition) is 4. The zero-order valence-corrected chi connectivity index (χ0v) is 22.0. The summed E-state index contributed by atoms with van der Waals surface area (Å²) in [5.41, 5.74) is 0. The number of halogens is 1. The largest absolute Gasteiger partial charge is 0.357 e. The number of nitrogens with zero attached hydrogens (tertiary/aromatic N) is 4. The van der Waals surface area contributed by atoms with E-state index in [2.05, 4.69) is 45.6 Å². The van der Waals surface area contributed by atoms with Crippen LogP contribution < -0.4 is 5.32 Å². The van der Waals surface area contributed by atoms with Crippen LogP contribution in [-0.2, 0) is 0 Å². The second-order valence-electron chi connectivity index (χ2n) is 8.73. The third-order valence-corrected chi connectivity index (χ3v) is 8.24. The minimum Gasteiger partial charge on any atom is -0.357 e. The Labute approximate surface area is 200 Å². The maximum absolute atomic E-state index is 5.02. The molecule has 7 heteroatoms. The Morgan fingerprint density at radius 3 is 2.38 bits per heavy atom. The van der Waals surface area contributed by atoms with Crippen LogP contribution in [0.4, 0.5) is 0 Å². The molecule has 0 aromatic carbocycles. The molecule has 0 amide bonds. The number of thioether (sulfide) groups is 1. The molecule has 170 valence electrons. The van der Waals surface area contributed by atoms with Crippen LogP contribution in [0.15, 0.2) is 4.99 Å². The molecule has 2 heterocycles. The lowest BCUT2D eigenvalue weighted by atomic mass is 9.87. The topological polar surface area (TPSA) is 34.1 Å². The quantitative estimate of drug-likeness (QED) is 0.232. The molecule has 0 aromatic heterocycles. The number of aliphatic imine (C=N–C) groups is 1. The summed E-state index contributed by atoms with van der Waals surface area (Å²) in [4.78, 5) is 12.8. The summed E-state index contributed by atoms with van der Waals surface area (Å²) in [5, 5.41) is 3.58. The van der Waals surface area contributed by atoms with Crippen molar-refractivity contribution in [1.29, 1.82) is 0 Å². The van der Waals surface area contributed by atoms with E-state index in [0.717, 1.165) is 19.6 Å². The molecule has 1 saturated carbocycles. The fraction of sp³-hybridized carbons (Fsp3) is 0.955. The highest BCUT2D eigenvalue weighted by atomic mass is 127. The van der Waals surface area contributed by atoms with Crippen molar-refractivity contribution in [3.8, 4) is 0 Å². The Morgan fingerprint density at radius 1 is 0.966 bits per heavy atom. The van der Waals surface area contributed by atoms with Gasteiger partial charge in [0.2, 0.25) is 0 Å². The van der Waals surface area contributed by atoms with E-state index in [9.17, 15) is 0 Å². The fourth-order valence-electron chi connectivity index (χ4n) is 4.91. The van der Waals surface area contributed by atoms with Gasteiger partial charge in [0.05, 0.1) is 0 Å². The van der Waals surface area contributed by atoms with Crippen LogP contribution in [0.5, 0.6) is 0 Å². The maximum atomic E-state index is 5.02. The Hall–Kier alpha value is 0.270. The van der Waals surface area contributed by atoms with Gasteiger partial charge in [-0.3, -0.25) is 4.99 Å². The highest BCUT2D eigenvalue weighted by molar-refractivity contribution is 14.0. The monoisotopic (exact) mass is 537 g/mol. The average Bonchev–Trinajstić information content (AvgIpc) is 2.74. The van der Waals surface area contributed by atoms with E-state index in [4.69, 9.17) is 4.99 Å². The van der Waals surface area contributed by atoms with Crippen LogP contribution >= 0.6 is 35.7 Å². The Kier molecular flexibility index (Phi) is 12.0. The Balaban J connectivity index is 0.00000300. The van der Waals surface area contributed by atoms with Gasteiger partial charge in [0.25, 0.3) is 0 Å². The van der Waals surface area contributed by atoms with Gasteiger partial charge >= 0.3 is 0 Å². The van der Waals surface area contributed by atoms with Crippen LogP contribution in [0.3, 0.4) is 0 Å². The Bertz CT molecular complexity index is 470. The van der Waals surface area contributed by atoms with Gasteiger partial charge in [0.15, 0.2) is 5.96 Å². The predicted molar refractivity (Wildman–Crippen MR) is 139 cm³/mol. The first-order valence-electron chi connectivity index (χ1n) is 11.9. The van der Waals surface area contributed by atoms with Gasteiger partial charge in [-0.2, -0.15) is 11.8 Å². The van der Waals surface area contributed by atoms with Crippen molar-refractivity contribution in [2.45, 2.75) is 63.5 Å². The van der Waals surface area contributed by atoms with Crippen molar-refractivity contribution in [1.82, 2.24) is 20.0 Å². The number of piperazine rings is 1. The minimum absolute atomic E-state index is 0. The SMILES string of the molecule is CCNC(=NCCCCN1CCN(CC)CC1)N1CCSC2(CCCCC2)C1.I. The molecule has 2 saturated heterocycles. The predicted octanol–water partition coefficient (Wildman–Crippen LogP) is 3.74. The maximum Gasteiger partial charge on any atom is 0.193 e. The smallest absolute Gasteiger partial charge is 0.193 e. The Morgan fingerprint density at radius 2 is 1.69 bits per heavy atom. The lowest BCUT2D eigenvalue weighted by Gasteiger charge is -2.45. The molecule has 0 bridgehead atoms. The second kappa shape index (κ2) is 13.6. The summed E-state index contributed by atoms with van der Waals surface area (Å²) in [6.07, 6.45) is 9.55. The van der Waals surface area contributed by atoms with Crippen molar-refractivity contribution in [2.24, 2.45) is 4.99 Å². The van der Waals surface area contributed by atoms with Gasteiger partial charge < -0.3 is 20.0 Å². The summed E-state index contributed by atoms with van der Waals surface area (Å²) < 4.78 is 0.507. The lowest BCUT2D eigenvalue weighted by Crippen LogP contribution is -2.53. The molecule has 5 nitrogen and oxygen atoms in total. The van der Waals surface area contributed by atoms with Crippen molar-refractivity contribution >= 4 is 41.7 Å². The van der Waals surface area contributed by atoms with E-state index in [1.807, 2.05) is 0 Å². The van der Waals surface area contributed by atoms with Crippen LogP contribution in [-0.4, -0.2) is 96.6 Å². The zero-order valence-electron chi connectivity index (χ0n) is 18.8. The molecule has 0 radical (unpaired) electrons. The molecule has 3 aliphatic rings. The highest BCUT2D eigenvalue weighted by Crippen LogP contribution is 2.42. The molecule has 1 N–H and O–H groups in total. The molecule has 0 atom stereocenters.